The van der Waals surface area contributed by atoms with E-state index in [1.54, 1.807) is 7.11 Å². The largest absolute Gasteiger partial charge is 0.490 e. The second-order valence-corrected chi connectivity index (χ2v) is 10.8. The summed E-state index contributed by atoms with van der Waals surface area (Å²) in [6.45, 7) is 6.12. The minimum Gasteiger partial charge on any atom is -0.490 e. The number of fused-ring (bicyclic) bond motifs is 1. The lowest BCUT2D eigenvalue weighted by molar-refractivity contribution is -0.117. The fraction of sp³-hybridized carbons (Fsp3) is 0.424. The Morgan fingerprint density at radius 1 is 1.05 bits per heavy atom. The molecule has 218 valence electrons. The number of hydrogen-bond donors (Lipinski definition) is 2. The van der Waals surface area contributed by atoms with E-state index in [0.29, 0.717) is 25.7 Å². The zero-order valence-corrected chi connectivity index (χ0v) is 23.8. The van der Waals surface area contributed by atoms with Crippen LogP contribution in [0, 0.1) is 0 Å². The van der Waals surface area contributed by atoms with Crippen molar-refractivity contribution in [3.8, 4) is 11.5 Å². The van der Waals surface area contributed by atoms with E-state index in [9.17, 15) is 4.79 Å². The molecule has 0 saturated carbocycles. The Balaban J connectivity index is 1.18. The van der Waals surface area contributed by atoms with Crippen LogP contribution in [0.25, 0.3) is 0 Å². The summed E-state index contributed by atoms with van der Waals surface area (Å²) in [4.78, 5) is 13.6. The van der Waals surface area contributed by atoms with Crippen molar-refractivity contribution in [1.29, 1.82) is 0 Å². The van der Waals surface area contributed by atoms with Crippen LogP contribution in [-0.2, 0) is 33.9 Å². The molecule has 5 rings (SSSR count). The summed E-state index contributed by atoms with van der Waals surface area (Å²) < 4.78 is 23.7. The van der Waals surface area contributed by atoms with Gasteiger partial charge in [-0.1, -0.05) is 42.5 Å². The number of methoxy groups -OCH3 is 1. The molecule has 0 radical (unpaired) electrons. The van der Waals surface area contributed by atoms with E-state index in [4.69, 9.17) is 24.7 Å². The van der Waals surface area contributed by atoms with E-state index < -0.39 is 0 Å². The smallest absolute Gasteiger partial charge is 0.221 e. The van der Waals surface area contributed by atoms with E-state index >= 15 is 0 Å². The second-order valence-electron chi connectivity index (χ2n) is 10.8. The van der Waals surface area contributed by atoms with Crippen molar-refractivity contribution in [3.63, 3.8) is 0 Å². The first-order valence-electron chi connectivity index (χ1n) is 14.5. The van der Waals surface area contributed by atoms with E-state index in [-0.39, 0.29) is 18.4 Å². The predicted octanol–water partition coefficient (Wildman–Crippen LogP) is 4.19. The third-order valence-corrected chi connectivity index (χ3v) is 7.74. The number of piperidine rings is 1. The van der Waals surface area contributed by atoms with Gasteiger partial charge in [-0.3, -0.25) is 4.79 Å². The first kappa shape index (κ1) is 28.9. The zero-order chi connectivity index (χ0) is 28.4. The number of rotatable bonds is 13. The van der Waals surface area contributed by atoms with E-state index in [2.05, 4.69) is 52.7 Å². The maximum atomic E-state index is 11.2. The number of ether oxygens (including phenoxy) is 4. The van der Waals surface area contributed by atoms with E-state index in [1.165, 1.54) is 5.56 Å². The average Bonchev–Trinajstić information content (AvgIpc) is 2.99. The lowest BCUT2D eigenvalue weighted by atomic mass is 9.87. The minimum absolute atomic E-state index is 0.0870. The van der Waals surface area contributed by atoms with Crippen molar-refractivity contribution >= 4 is 11.6 Å². The van der Waals surface area contributed by atoms with Gasteiger partial charge in [0.15, 0.2) is 0 Å². The molecule has 2 atom stereocenters. The highest BCUT2D eigenvalue weighted by atomic mass is 16.5. The van der Waals surface area contributed by atoms with Crippen molar-refractivity contribution in [3.05, 3.63) is 89.0 Å². The fourth-order valence-corrected chi connectivity index (χ4v) is 5.60. The Kier molecular flexibility index (Phi) is 10.1. The van der Waals surface area contributed by atoms with E-state index in [0.717, 1.165) is 79.5 Å². The number of carbonyl (C=O) groups excluding carboxylic acids is 1. The summed E-state index contributed by atoms with van der Waals surface area (Å²) in [6, 6.07) is 22.6. The molecule has 0 aromatic heterocycles. The van der Waals surface area contributed by atoms with Crippen LogP contribution in [0.2, 0.25) is 0 Å². The zero-order valence-electron chi connectivity index (χ0n) is 23.8. The molecule has 2 aliphatic rings. The SMILES string of the molecule is COCCCN1CCOc2ccc(COC3CNCCC3c3ccc(COc4cccc(CC(N)=O)c4)cc3)cc21. The standard InChI is InChI=1S/C33H41N3O5/c1-38-16-3-14-36-15-17-39-31-11-8-26(19-30(31)36)23-41-32-21-35-13-12-29(32)27-9-6-24(7-10-27)22-40-28-5-2-4-25(18-28)20-33(34)37/h2,4-11,18-19,29,32,35H,3,12-17,20-23H2,1H3,(H2,34,37). The minimum atomic E-state index is -0.351. The lowest BCUT2D eigenvalue weighted by Crippen LogP contribution is -2.41. The highest BCUT2D eigenvalue weighted by molar-refractivity contribution is 5.76. The summed E-state index contributed by atoms with van der Waals surface area (Å²) >= 11 is 0. The number of amides is 1. The molecule has 0 spiro atoms. The summed E-state index contributed by atoms with van der Waals surface area (Å²) in [5.41, 5.74) is 10.8. The molecule has 8 nitrogen and oxygen atoms in total. The van der Waals surface area contributed by atoms with Gasteiger partial charge in [-0.15, -0.1) is 0 Å². The van der Waals surface area contributed by atoms with Crippen LogP contribution >= 0.6 is 0 Å². The first-order valence-corrected chi connectivity index (χ1v) is 14.5. The number of anilines is 1. The second kappa shape index (κ2) is 14.3. The monoisotopic (exact) mass is 559 g/mol. The Morgan fingerprint density at radius 3 is 2.73 bits per heavy atom. The Labute approximate surface area is 242 Å². The predicted molar refractivity (Wildman–Crippen MR) is 160 cm³/mol. The van der Waals surface area contributed by atoms with Crippen molar-refractivity contribution in [2.45, 2.75) is 44.5 Å². The van der Waals surface area contributed by atoms with Gasteiger partial charge in [0.05, 0.1) is 31.4 Å². The summed E-state index contributed by atoms with van der Waals surface area (Å²) in [7, 11) is 1.75. The normalized spacial score (nSPS) is 18.4. The lowest BCUT2D eigenvalue weighted by Gasteiger charge is -2.33. The number of nitrogens with two attached hydrogens (primary N) is 1. The maximum absolute atomic E-state index is 11.2. The van der Waals surface area contributed by atoms with Crippen molar-refractivity contribution in [2.75, 3.05) is 51.4 Å². The quantitative estimate of drug-likeness (QED) is 0.303. The molecular weight excluding hydrogens is 518 g/mol. The number of carbonyl (C=O) groups is 1. The summed E-state index contributed by atoms with van der Waals surface area (Å²) in [5.74, 6) is 1.64. The third kappa shape index (κ3) is 8.00. The average molecular weight is 560 g/mol. The van der Waals surface area contributed by atoms with E-state index in [1.807, 2.05) is 24.3 Å². The van der Waals surface area contributed by atoms with Gasteiger partial charge in [-0.2, -0.15) is 0 Å². The van der Waals surface area contributed by atoms with Gasteiger partial charge in [0.1, 0.15) is 24.7 Å². The van der Waals surface area contributed by atoms with Gasteiger partial charge >= 0.3 is 0 Å². The topological polar surface area (TPSA) is 95.3 Å². The molecule has 0 bridgehead atoms. The Hall–Kier alpha value is -3.59. The van der Waals surface area contributed by atoms with Crippen LogP contribution in [-0.4, -0.2) is 58.5 Å². The first-order chi connectivity index (χ1) is 20.1. The van der Waals surface area contributed by atoms with Crippen LogP contribution in [0.5, 0.6) is 11.5 Å². The Bertz CT molecular complexity index is 1280. The van der Waals surface area contributed by atoms with Crippen LogP contribution < -0.4 is 25.4 Å². The fourth-order valence-electron chi connectivity index (χ4n) is 5.60. The Morgan fingerprint density at radius 2 is 1.90 bits per heavy atom. The van der Waals surface area contributed by atoms with Gasteiger partial charge in [0.2, 0.25) is 5.91 Å². The van der Waals surface area contributed by atoms with Gasteiger partial charge in [-0.25, -0.2) is 0 Å². The molecule has 0 aliphatic carbocycles. The molecule has 3 N–H and O–H groups in total. The molecule has 8 heteroatoms. The number of nitrogens with one attached hydrogen (secondary N) is 1. The molecule has 1 fully saturated rings. The van der Waals surface area contributed by atoms with Gasteiger partial charge in [0.25, 0.3) is 0 Å². The van der Waals surface area contributed by atoms with Gasteiger partial charge < -0.3 is 34.9 Å². The highest BCUT2D eigenvalue weighted by Crippen LogP contribution is 2.34. The third-order valence-electron chi connectivity index (χ3n) is 7.74. The van der Waals surface area contributed by atoms with Crippen molar-refractivity contribution in [2.24, 2.45) is 5.73 Å². The summed E-state index contributed by atoms with van der Waals surface area (Å²) in [5, 5.41) is 3.51. The molecule has 41 heavy (non-hydrogen) atoms. The number of primary amides is 1. The van der Waals surface area contributed by atoms with Gasteiger partial charge in [0, 0.05) is 32.7 Å². The number of benzene rings is 3. The highest BCUT2D eigenvalue weighted by Gasteiger charge is 2.27. The molecule has 2 aliphatic heterocycles. The van der Waals surface area contributed by atoms with Crippen LogP contribution in [0.4, 0.5) is 5.69 Å². The molecular formula is C33H41N3O5. The van der Waals surface area contributed by atoms with Gasteiger partial charge in [-0.05, 0) is 65.9 Å². The molecule has 2 unspecified atom stereocenters. The van der Waals surface area contributed by atoms with Crippen molar-refractivity contribution in [1.82, 2.24) is 5.32 Å². The number of nitrogens with zero attached hydrogens (tertiary/aromatic N) is 1. The molecule has 1 saturated heterocycles. The number of hydrogen-bond acceptors (Lipinski definition) is 7. The summed E-state index contributed by atoms with van der Waals surface area (Å²) in [6.07, 6.45) is 2.31. The molecule has 3 aromatic carbocycles. The molecule has 3 aromatic rings. The molecule has 1 amide bonds. The molecule has 2 heterocycles. The van der Waals surface area contributed by atoms with Crippen LogP contribution in [0.1, 0.15) is 41.0 Å². The van der Waals surface area contributed by atoms with Crippen LogP contribution in [0.15, 0.2) is 66.7 Å². The van der Waals surface area contributed by atoms with Crippen molar-refractivity contribution < 1.29 is 23.7 Å². The van der Waals surface area contributed by atoms with Crippen LogP contribution in [0.3, 0.4) is 0 Å². The maximum Gasteiger partial charge on any atom is 0.221 e.